The van der Waals surface area contributed by atoms with E-state index in [0.717, 1.165) is 32.6 Å². The lowest BCUT2D eigenvalue weighted by Gasteiger charge is -2.34. The normalized spacial score (nSPS) is 17.6. The van der Waals surface area contributed by atoms with Gasteiger partial charge in [0.25, 0.3) is 0 Å². The van der Waals surface area contributed by atoms with Gasteiger partial charge in [-0.15, -0.1) is 24.8 Å². The highest BCUT2D eigenvalue weighted by Crippen LogP contribution is 2.03. The van der Waals surface area contributed by atoms with E-state index in [0.29, 0.717) is 6.04 Å². The molecule has 0 atom stereocenters. The zero-order valence-corrected chi connectivity index (χ0v) is 9.74. The smallest absolute Gasteiger partial charge is 0.209 e. The third-order valence-corrected chi connectivity index (χ3v) is 2.23. The number of amides is 1. The first-order valence-corrected chi connectivity index (χ1v) is 4.17. The molecule has 0 spiro atoms. The minimum absolute atomic E-state index is 0. The summed E-state index contributed by atoms with van der Waals surface area (Å²) >= 11 is 0. The fourth-order valence-corrected chi connectivity index (χ4v) is 1.36. The van der Waals surface area contributed by atoms with Gasteiger partial charge in [-0.1, -0.05) is 0 Å². The van der Waals surface area contributed by atoms with Gasteiger partial charge >= 0.3 is 0 Å². The van der Waals surface area contributed by atoms with Crippen LogP contribution in [0.15, 0.2) is 0 Å². The summed E-state index contributed by atoms with van der Waals surface area (Å²) in [4.78, 5) is 14.6. The fourth-order valence-electron chi connectivity index (χ4n) is 1.36. The standard InChI is InChI=1S/C8H16N2O.2ClH/c1-8(2)10-5-3-9(7-11)4-6-10;;/h7-8H,3-6H2,1-2H3;2*1H. The number of carbonyl (C=O) groups excluding carboxylic acids is 1. The van der Waals surface area contributed by atoms with E-state index in [-0.39, 0.29) is 24.8 Å². The number of hydrogen-bond donors (Lipinski definition) is 0. The molecule has 80 valence electrons. The Morgan fingerprint density at radius 2 is 1.54 bits per heavy atom. The third-order valence-electron chi connectivity index (χ3n) is 2.23. The van der Waals surface area contributed by atoms with Gasteiger partial charge in [0.2, 0.25) is 6.41 Å². The van der Waals surface area contributed by atoms with E-state index in [1.54, 1.807) is 0 Å². The molecule has 1 amide bonds. The molecule has 1 rings (SSSR count). The molecule has 13 heavy (non-hydrogen) atoms. The van der Waals surface area contributed by atoms with Crippen molar-refractivity contribution in [2.24, 2.45) is 0 Å². The van der Waals surface area contributed by atoms with Crippen LogP contribution in [0, 0.1) is 0 Å². The summed E-state index contributed by atoms with van der Waals surface area (Å²) in [6, 6.07) is 0.615. The van der Waals surface area contributed by atoms with Gasteiger partial charge in [0, 0.05) is 32.2 Å². The van der Waals surface area contributed by atoms with Crippen LogP contribution >= 0.6 is 24.8 Å². The molecule has 0 aromatic carbocycles. The zero-order chi connectivity index (χ0) is 8.27. The van der Waals surface area contributed by atoms with Crippen LogP contribution in [0.5, 0.6) is 0 Å². The van der Waals surface area contributed by atoms with Gasteiger partial charge in [-0.3, -0.25) is 9.69 Å². The molecule has 0 aliphatic carbocycles. The molecular formula is C8H18Cl2N2O. The highest BCUT2D eigenvalue weighted by Gasteiger charge is 2.16. The second-order valence-corrected chi connectivity index (χ2v) is 3.27. The predicted octanol–water partition coefficient (Wildman–Crippen LogP) is 1.01. The average Bonchev–Trinajstić information content (AvgIpc) is 2.05. The van der Waals surface area contributed by atoms with Gasteiger partial charge in [0.15, 0.2) is 0 Å². The summed E-state index contributed by atoms with van der Waals surface area (Å²) in [6.07, 6.45) is 0.942. The first-order chi connectivity index (χ1) is 5.24. The molecule has 0 bridgehead atoms. The molecule has 1 heterocycles. The van der Waals surface area contributed by atoms with Gasteiger partial charge in [0.1, 0.15) is 0 Å². The Kier molecular flexibility index (Phi) is 8.83. The molecular weight excluding hydrogens is 211 g/mol. The van der Waals surface area contributed by atoms with Gasteiger partial charge in [-0.05, 0) is 13.8 Å². The maximum Gasteiger partial charge on any atom is 0.209 e. The van der Waals surface area contributed by atoms with Gasteiger partial charge in [0.05, 0.1) is 0 Å². The summed E-state index contributed by atoms with van der Waals surface area (Å²) in [5, 5.41) is 0. The van der Waals surface area contributed by atoms with E-state index in [2.05, 4.69) is 18.7 Å². The number of rotatable bonds is 2. The molecule has 5 heteroatoms. The SMILES string of the molecule is CC(C)N1CCN(C=O)CC1.Cl.Cl. The first-order valence-electron chi connectivity index (χ1n) is 4.17. The highest BCUT2D eigenvalue weighted by molar-refractivity contribution is 5.85. The number of halogens is 2. The van der Waals surface area contributed by atoms with Crippen molar-refractivity contribution < 1.29 is 4.79 Å². The Morgan fingerprint density at radius 3 is 1.85 bits per heavy atom. The second-order valence-electron chi connectivity index (χ2n) is 3.27. The van der Waals surface area contributed by atoms with E-state index < -0.39 is 0 Å². The van der Waals surface area contributed by atoms with E-state index >= 15 is 0 Å². The van der Waals surface area contributed by atoms with Crippen molar-refractivity contribution in [1.29, 1.82) is 0 Å². The zero-order valence-electron chi connectivity index (χ0n) is 8.10. The molecule has 0 N–H and O–H groups in total. The molecule has 1 saturated heterocycles. The Labute approximate surface area is 92.3 Å². The molecule has 1 aliphatic heterocycles. The minimum atomic E-state index is 0. The van der Waals surface area contributed by atoms with Crippen LogP contribution in [0.4, 0.5) is 0 Å². The molecule has 0 aromatic heterocycles. The summed E-state index contributed by atoms with van der Waals surface area (Å²) in [6.45, 7) is 8.21. The minimum Gasteiger partial charge on any atom is -0.343 e. The third kappa shape index (κ3) is 4.69. The molecule has 1 fully saturated rings. The van der Waals surface area contributed by atoms with Crippen molar-refractivity contribution in [3.8, 4) is 0 Å². The van der Waals surface area contributed by atoms with E-state index in [1.807, 2.05) is 4.90 Å². The van der Waals surface area contributed by atoms with E-state index in [4.69, 9.17) is 0 Å². The molecule has 0 aromatic rings. The van der Waals surface area contributed by atoms with Crippen LogP contribution in [0.1, 0.15) is 13.8 Å². The maximum absolute atomic E-state index is 10.3. The van der Waals surface area contributed by atoms with Crippen LogP contribution in [-0.4, -0.2) is 48.4 Å². The van der Waals surface area contributed by atoms with Gasteiger partial charge in [-0.25, -0.2) is 0 Å². The summed E-state index contributed by atoms with van der Waals surface area (Å²) in [5.41, 5.74) is 0. The molecule has 0 unspecified atom stereocenters. The predicted molar refractivity (Wildman–Crippen MR) is 58.8 cm³/mol. The largest absolute Gasteiger partial charge is 0.343 e. The lowest BCUT2D eigenvalue weighted by atomic mass is 10.2. The Balaban J connectivity index is 0. The summed E-state index contributed by atoms with van der Waals surface area (Å²) < 4.78 is 0. The second kappa shape index (κ2) is 7.42. The summed E-state index contributed by atoms with van der Waals surface area (Å²) in [5.74, 6) is 0. The van der Waals surface area contributed by atoms with Gasteiger partial charge in [-0.2, -0.15) is 0 Å². The summed E-state index contributed by atoms with van der Waals surface area (Å²) in [7, 11) is 0. The van der Waals surface area contributed by atoms with Crippen molar-refractivity contribution in [1.82, 2.24) is 9.80 Å². The highest BCUT2D eigenvalue weighted by atomic mass is 35.5. The molecule has 0 saturated carbocycles. The van der Waals surface area contributed by atoms with E-state index in [9.17, 15) is 4.79 Å². The van der Waals surface area contributed by atoms with Crippen molar-refractivity contribution in [3.63, 3.8) is 0 Å². The van der Waals surface area contributed by atoms with Crippen LogP contribution in [0.2, 0.25) is 0 Å². The number of piperazine rings is 1. The van der Waals surface area contributed by atoms with Crippen LogP contribution in [0.3, 0.4) is 0 Å². The lowest BCUT2D eigenvalue weighted by molar-refractivity contribution is -0.119. The first kappa shape index (κ1) is 15.5. The topological polar surface area (TPSA) is 23.6 Å². The molecule has 3 nitrogen and oxygen atoms in total. The number of carbonyl (C=O) groups is 1. The van der Waals surface area contributed by atoms with Crippen LogP contribution < -0.4 is 0 Å². The van der Waals surface area contributed by atoms with Crippen molar-refractivity contribution >= 4 is 31.2 Å². The lowest BCUT2D eigenvalue weighted by Crippen LogP contribution is -2.48. The van der Waals surface area contributed by atoms with Crippen molar-refractivity contribution in [2.45, 2.75) is 19.9 Å². The quantitative estimate of drug-likeness (QED) is 0.660. The maximum atomic E-state index is 10.3. The van der Waals surface area contributed by atoms with Gasteiger partial charge < -0.3 is 4.90 Å². The van der Waals surface area contributed by atoms with Crippen LogP contribution in [-0.2, 0) is 4.79 Å². The van der Waals surface area contributed by atoms with E-state index in [1.165, 1.54) is 0 Å². The fraction of sp³-hybridized carbons (Fsp3) is 0.875. The monoisotopic (exact) mass is 228 g/mol. The number of hydrogen-bond acceptors (Lipinski definition) is 2. The molecule has 1 aliphatic rings. The average molecular weight is 229 g/mol. The van der Waals surface area contributed by atoms with Crippen molar-refractivity contribution in [2.75, 3.05) is 26.2 Å². The Morgan fingerprint density at radius 1 is 1.08 bits per heavy atom. The Bertz CT molecular complexity index is 136. The Hall–Kier alpha value is 0.01000. The van der Waals surface area contributed by atoms with Crippen molar-refractivity contribution in [3.05, 3.63) is 0 Å². The molecule has 0 radical (unpaired) electrons. The number of nitrogens with zero attached hydrogens (tertiary/aromatic N) is 2. The van der Waals surface area contributed by atoms with Crippen LogP contribution in [0.25, 0.3) is 0 Å².